The molecule has 0 saturated heterocycles. The second-order valence-electron chi connectivity index (χ2n) is 4.89. The van der Waals surface area contributed by atoms with E-state index >= 15 is 0 Å². The molecule has 0 spiro atoms. The van der Waals surface area contributed by atoms with Gasteiger partial charge in [0.2, 0.25) is 0 Å². The molecule has 0 heterocycles. The first-order valence-corrected chi connectivity index (χ1v) is 7.20. The monoisotopic (exact) mass is 246 g/mol. The molecule has 1 atom stereocenters. The van der Waals surface area contributed by atoms with Crippen LogP contribution in [0.15, 0.2) is 0 Å². The van der Waals surface area contributed by atoms with Crippen LogP contribution in [0, 0.1) is 0 Å². The minimum atomic E-state index is 0. The van der Waals surface area contributed by atoms with Gasteiger partial charge >= 0.3 is 0 Å². The maximum Gasteiger partial charge on any atom is 0.0478 e. The lowest BCUT2D eigenvalue weighted by atomic mass is 10.2. The van der Waals surface area contributed by atoms with Gasteiger partial charge < -0.3 is 15.0 Å². The predicted octanol–water partition coefficient (Wildman–Crippen LogP) is 2.76. The predicted molar refractivity (Wildman–Crippen MR) is 77.7 cm³/mol. The van der Waals surface area contributed by atoms with Crippen molar-refractivity contribution in [3.8, 4) is 0 Å². The van der Waals surface area contributed by atoms with Crippen LogP contribution in [0.25, 0.3) is 0 Å². The molecule has 3 nitrogen and oxygen atoms in total. The molecule has 0 radical (unpaired) electrons. The van der Waals surface area contributed by atoms with E-state index in [9.17, 15) is 0 Å². The fraction of sp³-hybridized carbons (Fsp3) is 1.00. The number of hydrogen-bond acceptors (Lipinski definition) is 3. The minimum absolute atomic E-state index is 0. The maximum absolute atomic E-state index is 5.61. The lowest BCUT2D eigenvalue weighted by Crippen LogP contribution is -2.27. The third-order valence-electron chi connectivity index (χ3n) is 3.00. The largest absolute Gasteiger partial charge is 0.381 e. The van der Waals surface area contributed by atoms with Crippen LogP contribution in [0.3, 0.4) is 0 Å². The number of hydrogen-bond donors (Lipinski definition) is 1. The summed E-state index contributed by atoms with van der Waals surface area (Å²) in [5.41, 5.74) is 0. The first kappa shape index (κ1) is 16.9. The van der Waals surface area contributed by atoms with Gasteiger partial charge in [0.05, 0.1) is 0 Å². The standard InChI is InChI=1S/C14H32N2O.H2/c1-5-10-16(4)11-8-13-17-12-7-9-15-14(3)6-2;/h14-15H,5-13H2,1-4H3;1H. The first-order chi connectivity index (χ1) is 8.20. The molecule has 0 rings (SSSR count). The topological polar surface area (TPSA) is 24.5 Å². The maximum atomic E-state index is 5.61. The summed E-state index contributed by atoms with van der Waals surface area (Å²) >= 11 is 0. The van der Waals surface area contributed by atoms with Crippen LogP contribution in [0.2, 0.25) is 0 Å². The highest BCUT2D eigenvalue weighted by Gasteiger charge is 1.97. The summed E-state index contributed by atoms with van der Waals surface area (Å²) in [4.78, 5) is 2.37. The van der Waals surface area contributed by atoms with Crippen molar-refractivity contribution in [3.63, 3.8) is 0 Å². The van der Waals surface area contributed by atoms with Crippen LogP contribution in [-0.2, 0) is 4.74 Å². The van der Waals surface area contributed by atoms with E-state index in [4.69, 9.17) is 4.74 Å². The van der Waals surface area contributed by atoms with E-state index in [1.54, 1.807) is 0 Å². The molecule has 3 heteroatoms. The second-order valence-corrected chi connectivity index (χ2v) is 4.89. The van der Waals surface area contributed by atoms with Gasteiger partial charge in [0.25, 0.3) is 0 Å². The molecule has 0 fully saturated rings. The van der Waals surface area contributed by atoms with Gasteiger partial charge in [0, 0.05) is 27.2 Å². The average Bonchev–Trinajstić information content (AvgIpc) is 2.32. The van der Waals surface area contributed by atoms with Gasteiger partial charge in [-0.2, -0.15) is 0 Å². The summed E-state index contributed by atoms with van der Waals surface area (Å²) < 4.78 is 5.61. The molecule has 0 aromatic carbocycles. The van der Waals surface area contributed by atoms with Crippen molar-refractivity contribution >= 4 is 0 Å². The van der Waals surface area contributed by atoms with E-state index < -0.39 is 0 Å². The van der Waals surface area contributed by atoms with Crippen LogP contribution in [0.1, 0.15) is 47.9 Å². The van der Waals surface area contributed by atoms with Gasteiger partial charge in [-0.3, -0.25) is 0 Å². The molecule has 17 heavy (non-hydrogen) atoms. The minimum Gasteiger partial charge on any atom is -0.381 e. The highest BCUT2D eigenvalue weighted by Crippen LogP contribution is 1.92. The Morgan fingerprint density at radius 3 is 2.53 bits per heavy atom. The Balaban J connectivity index is 0. The number of rotatable bonds is 12. The van der Waals surface area contributed by atoms with Crippen molar-refractivity contribution in [1.29, 1.82) is 0 Å². The Labute approximate surface area is 109 Å². The van der Waals surface area contributed by atoms with E-state index in [0.29, 0.717) is 6.04 Å². The van der Waals surface area contributed by atoms with Crippen LogP contribution in [0.4, 0.5) is 0 Å². The molecule has 0 amide bonds. The SMILES string of the molecule is CCCN(C)CCCOCCCNC(C)CC.[HH]. The van der Waals surface area contributed by atoms with E-state index in [2.05, 4.69) is 38.0 Å². The normalized spacial score (nSPS) is 13.2. The number of nitrogens with zero attached hydrogens (tertiary/aromatic N) is 1. The third-order valence-corrected chi connectivity index (χ3v) is 3.00. The zero-order chi connectivity index (χ0) is 12.9. The van der Waals surface area contributed by atoms with E-state index in [1.165, 1.54) is 19.4 Å². The summed E-state index contributed by atoms with van der Waals surface area (Å²) in [6.45, 7) is 11.9. The van der Waals surface area contributed by atoms with Gasteiger partial charge in [-0.25, -0.2) is 0 Å². The van der Waals surface area contributed by atoms with Crippen LogP contribution in [-0.4, -0.2) is 50.8 Å². The molecular formula is C14H34N2O. The Bertz CT molecular complexity index is 159. The Kier molecular flexibility index (Phi) is 12.3. The zero-order valence-electron chi connectivity index (χ0n) is 12.3. The van der Waals surface area contributed by atoms with Crippen molar-refractivity contribution < 1.29 is 6.16 Å². The van der Waals surface area contributed by atoms with E-state index in [0.717, 1.165) is 39.1 Å². The lowest BCUT2D eigenvalue weighted by molar-refractivity contribution is 0.121. The lowest BCUT2D eigenvalue weighted by Gasteiger charge is -2.15. The molecule has 1 unspecified atom stereocenters. The van der Waals surface area contributed by atoms with Gasteiger partial charge in [-0.1, -0.05) is 13.8 Å². The summed E-state index contributed by atoms with van der Waals surface area (Å²) in [5, 5.41) is 3.47. The molecule has 0 aromatic rings. The molecule has 0 aliphatic rings. The van der Waals surface area contributed by atoms with Crippen LogP contribution >= 0.6 is 0 Å². The molecule has 0 aliphatic heterocycles. The molecule has 0 saturated carbocycles. The van der Waals surface area contributed by atoms with Gasteiger partial charge in [-0.05, 0) is 52.7 Å². The summed E-state index contributed by atoms with van der Waals surface area (Å²) in [5.74, 6) is 0. The second kappa shape index (κ2) is 12.3. The van der Waals surface area contributed by atoms with Crippen molar-refractivity contribution in [3.05, 3.63) is 0 Å². The Morgan fingerprint density at radius 1 is 1.18 bits per heavy atom. The van der Waals surface area contributed by atoms with Crippen LogP contribution < -0.4 is 5.32 Å². The van der Waals surface area contributed by atoms with Crippen molar-refractivity contribution in [2.45, 2.75) is 52.5 Å². The molecular weight excluding hydrogens is 212 g/mol. The van der Waals surface area contributed by atoms with Crippen molar-refractivity contribution in [1.82, 2.24) is 10.2 Å². The summed E-state index contributed by atoms with van der Waals surface area (Å²) in [6.07, 6.45) is 4.70. The van der Waals surface area contributed by atoms with Crippen molar-refractivity contribution in [2.75, 3.05) is 39.9 Å². The van der Waals surface area contributed by atoms with Gasteiger partial charge in [0.1, 0.15) is 0 Å². The van der Waals surface area contributed by atoms with Crippen LogP contribution in [0.5, 0.6) is 0 Å². The Morgan fingerprint density at radius 2 is 1.88 bits per heavy atom. The highest BCUT2D eigenvalue weighted by molar-refractivity contribution is 4.56. The van der Waals surface area contributed by atoms with Gasteiger partial charge in [-0.15, -0.1) is 0 Å². The summed E-state index contributed by atoms with van der Waals surface area (Å²) in [6, 6.07) is 0.637. The number of nitrogens with one attached hydrogen (secondary N) is 1. The van der Waals surface area contributed by atoms with Gasteiger partial charge in [0.15, 0.2) is 0 Å². The molecule has 0 aliphatic carbocycles. The average molecular weight is 246 g/mol. The Hall–Kier alpha value is -0.120. The first-order valence-electron chi connectivity index (χ1n) is 7.20. The smallest absolute Gasteiger partial charge is 0.0478 e. The molecule has 106 valence electrons. The molecule has 0 aromatic heterocycles. The quantitative estimate of drug-likeness (QED) is 0.536. The summed E-state index contributed by atoms with van der Waals surface area (Å²) in [7, 11) is 2.18. The molecule has 1 N–H and O–H groups in total. The third kappa shape index (κ3) is 12.1. The fourth-order valence-corrected chi connectivity index (χ4v) is 1.70. The van der Waals surface area contributed by atoms with E-state index in [-0.39, 0.29) is 1.43 Å². The number of ether oxygens (including phenoxy) is 1. The highest BCUT2D eigenvalue weighted by atomic mass is 16.5. The zero-order valence-corrected chi connectivity index (χ0v) is 12.3. The van der Waals surface area contributed by atoms with Crippen molar-refractivity contribution in [2.24, 2.45) is 0 Å². The van der Waals surface area contributed by atoms with E-state index in [1.807, 2.05) is 0 Å². The molecule has 0 bridgehead atoms. The fourth-order valence-electron chi connectivity index (χ4n) is 1.70.